The maximum absolute atomic E-state index is 12.2. The van der Waals surface area contributed by atoms with Gasteiger partial charge in [-0.05, 0) is 36.2 Å². The molecule has 5 nitrogen and oxygen atoms in total. The van der Waals surface area contributed by atoms with Gasteiger partial charge in [-0.2, -0.15) is 0 Å². The first-order chi connectivity index (χ1) is 13.2. The topological polar surface area (TPSA) is 46.0 Å². The SMILES string of the molecule is COc1ccc(CCNC(=O)C[NH+]2CCN(c3ccccc3Cl)CC2)cc1. The number of rotatable bonds is 7. The Balaban J connectivity index is 1.37. The lowest BCUT2D eigenvalue weighted by molar-refractivity contribution is -0.892. The third-order valence-electron chi connectivity index (χ3n) is 4.97. The Morgan fingerprint density at radius 1 is 1.15 bits per heavy atom. The van der Waals surface area contributed by atoms with Gasteiger partial charge in [0.15, 0.2) is 6.54 Å². The fraction of sp³-hybridized carbons (Fsp3) is 0.381. The van der Waals surface area contributed by atoms with Crippen molar-refractivity contribution in [3.63, 3.8) is 0 Å². The van der Waals surface area contributed by atoms with Gasteiger partial charge in [-0.1, -0.05) is 35.9 Å². The number of methoxy groups -OCH3 is 1. The number of nitrogens with one attached hydrogen (secondary N) is 2. The Morgan fingerprint density at radius 3 is 2.52 bits per heavy atom. The number of halogens is 1. The van der Waals surface area contributed by atoms with Crippen molar-refractivity contribution in [2.75, 3.05) is 51.3 Å². The molecule has 2 aromatic rings. The van der Waals surface area contributed by atoms with Crippen molar-refractivity contribution in [3.8, 4) is 5.75 Å². The lowest BCUT2D eigenvalue weighted by Crippen LogP contribution is -3.16. The van der Waals surface area contributed by atoms with Crippen LogP contribution in [-0.4, -0.2) is 52.3 Å². The summed E-state index contributed by atoms with van der Waals surface area (Å²) >= 11 is 6.28. The summed E-state index contributed by atoms with van der Waals surface area (Å²) in [5.41, 5.74) is 2.28. The Morgan fingerprint density at radius 2 is 1.85 bits per heavy atom. The lowest BCUT2D eigenvalue weighted by Gasteiger charge is -2.33. The number of anilines is 1. The highest BCUT2D eigenvalue weighted by Gasteiger charge is 2.23. The minimum Gasteiger partial charge on any atom is -0.497 e. The first-order valence-corrected chi connectivity index (χ1v) is 9.76. The fourth-order valence-electron chi connectivity index (χ4n) is 3.38. The normalized spacial score (nSPS) is 14.8. The number of para-hydroxylation sites is 1. The van der Waals surface area contributed by atoms with Crippen molar-refractivity contribution >= 4 is 23.2 Å². The van der Waals surface area contributed by atoms with E-state index in [1.54, 1.807) is 7.11 Å². The van der Waals surface area contributed by atoms with E-state index >= 15 is 0 Å². The summed E-state index contributed by atoms with van der Waals surface area (Å²) in [6, 6.07) is 15.9. The van der Waals surface area contributed by atoms with Crippen molar-refractivity contribution < 1.29 is 14.4 Å². The maximum atomic E-state index is 12.2. The van der Waals surface area contributed by atoms with E-state index in [1.807, 2.05) is 42.5 Å². The molecule has 1 heterocycles. The monoisotopic (exact) mass is 388 g/mol. The largest absolute Gasteiger partial charge is 0.497 e. The summed E-state index contributed by atoms with van der Waals surface area (Å²) in [4.78, 5) is 15.8. The second-order valence-electron chi connectivity index (χ2n) is 6.81. The van der Waals surface area contributed by atoms with Gasteiger partial charge in [0, 0.05) is 6.54 Å². The molecule has 1 saturated heterocycles. The van der Waals surface area contributed by atoms with Crippen LogP contribution in [0.4, 0.5) is 5.69 Å². The van der Waals surface area contributed by atoms with Crippen LogP contribution in [-0.2, 0) is 11.2 Å². The zero-order chi connectivity index (χ0) is 19.1. The minimum atomic E-state index is 0.115. The molecule has 2 aromatic carbocycles. The van der Waals surface area contributed by atoms with E-state index in [2.05, 4.69) is 16.3 Å². The Labute approximate surface area is 165 Å². The molecule has 0 aromatic heterocycles. The molecule has 0 aliphatic carbocycles. The summed E-state index contributed by atoms with van der Waals surface area (Å²) < 4.78 is 5.16. The van der Waals surface area contributed by atoms with Gasteiger partial charge in [-0.25, -0.2) is 0 Å². The molecule has 0 unspecified atom stereocenters. The summed E-state index contributed by atoms with van der Waals surface area (Å²) in [5, 5.41) is 3.82. The van der Waals surface area contributed by atoms with Crippen LogP contribution in [0.25, 0.3) is 0 Å². The molecule has 0 saturated carbocycles. The molecule has 1 aliphatic rings. The predicted octanol–water partition coefficient (Wildman–Crippen LogP) is 1.41. The van der Waals surface area contributed by atoms with Gasteiger partial charge in [-0.15, -0.1) is 0 Å². The minimum absolute atomic E-state index is 0.115. The van der Waals surface area contributed by atoms with Crippen LogP contribution >= 0.6 is 11.6 Å². The van der Waals surface area contributed by atoms with Crippen molar-refractivity contribution in [1.82, 2.24) is 5.32 Å². The van der Waals surface area contributed by atoms with E-state index in [1.165, 1.54) is 10.5 Å². The van der Waals surface area contributed by atoms with Crippen LogP contribution in [0, 0.1) is 0 Å². The van der Waals surface area contributed by atoms with E-state index in [-0.39, 0.29) is 5.91 Å². The zero-order valence-corrected chi connectivity index (χ0v) is 16.5. The van der Waals surface area contributed by atoms with Crippen LogP contribution in [0.1, 0.15) is 5.56 Å². The highest BCUT2D eigenvalue weighted by molar-refractivity contribution is 6.33. The molecule has 2 N–H and O–H groups in total. The number of piperazine rings is 1. The first-order valence-electron chi connectivity index (χ1n) is 9.38. The van der Waals surface area contributed by atoms with Crippen LogP contribution < -0.4 is 19.9 Å². The van der Waals surface area contributed by atoms with E-state index < -0.39 is 0 Å². The molecule has 0 spiro atoms. The number of quaternary nitrogens is 1. The average molecular weight is 389 g/mol. The Bertz CT molecular complexity index is 743. The number of hydrogen-bond donors (Lipinski definition) is 2. The van der Waals surface area contributed by atoms with Gasteiger partial charge in [-0.3, -0.25) is 4.79 Å². The highest BCUT2D eigenvalue weighted by atomic mass is 35.5. The zero-order valence-electron chi connectivity index (χ0n) is 15.7. The van der Waals surface area contributed by atoms with Gasteiger partial charge < -0.3 is 19.9 Å². The lowest BCUT2D eigenvalue weighted by atomic mass is 10.1. The van der Waals surface area contributed by atoms with E-state index in [4.69, 9.17) is 16.3 Å². The van der Waals surface area contributed by atoms with Crippen LogP contribution in [0.15, 0.2) is 48.5 Å². The molecule has 1 fully saturated rings. The maximum Gasteiger partial charge on any atom is 0.275 e. The molecule has 144 valence electrons. The van der Waals surface area contributed by atoms with Crippen molar-refractivity contribution in [2.45, 2.75) is 6.42 Å². The quantitative estimate of drug-likeness (QED) is 0.754. The molecule has 6 heteroatoms. The van der Waals surface area contributed by atoms with Gasteiger partial charge in [0.1, 0.15) is 5.75 Å². The second kappa shape index (κ2) is 9.62. The fourth-order valence-corrected chi connectivity index (χ4v) is 3.63. The van der Waals surface area contributed by atoms with Gasteiger partial charge in [0.2, 0.25) is 0 Å². The number of amides is 1. The molecular formula is C21H27ClN3O2+. The van der Waals surface area contributed by atoms with E-state index in [0.717, 1.165) is 49.1 Å². The smallest absolute Gasteiger partial charge is 0.275 e. The van der Waals surface area contributed by atoms with E-state index in [0.29, 0.717) is 13.1 Å². The second-order valence-corrected chi connectivity index (χ2v) is 7.22. The molecule has 0 bridgehead atoms. The van der Waals surface area contributed by atoms with Gasteiger partial charge in [0.05, 0.1) is 44.0 Å². The summed E-state index contributed by atoms with van der Waals surface area (Å²) in [7, 11) is 1.66. The molecule has 0 radical (unpaired) electrons. The molecule has 0 atom stereocenters. The number of ether oxygens (including phenoxy) is 1. The summed E-state index contributed by atoms with van der Waals surface area (Å²) in [5.74, 6) is 0.965. The summed E-state index contributed by atoms with van der Waals surface area (Å²) in [6.07, 6.45) is 0.825. The van der Waals surface area contributed by atoms with Crippen LogP contribution in [0.3, 0.4) is 0 Å². The molecule has 1 aliphatic heterocycles. The van der Waals surface area contributed by atoms with Crippen molar-refractivity contribution in [2.24, 2.45) is 0 Å². The van der Waals surface area contributed by atoms with Crippen molar-refractivity contribution in [3.05, 3.63) is 59.1 Å². The van der Waals surface area contributed by atoms with Crippen LogP contribution in [0.5, 0.6) is 5.75 Å². The average Bonchev–Trinajstić information content (AvgIpc) is 2.70. The summed E-state index contributed by atoms with van der Waals surface area (Å²) in [6.45, 7) is 4.90. The predicted molar refractivity (Wildman–Crippen MR) is 109 cm³/mol. The number of nitrogens with zero attached hydrogens (tertiary/aromatic N) is 1. The van der Waals surface area contributed by atoms with Crippen LogP contribution in [0.2, 0.25) is 5.02 Å². The molecule has 1 amide bonds. The Hall–Kier alpha value is -2.24. The molecule has 27 heavy (non-hydrogen) atoms. The Kier molecular flexibility index (Phi) is 6.96. The molecular weight excluding hydrogens is 362 g/mol. The number of carbonyl (C=O) groups is 1. The third kappa shape index (κ3) is 5.62. The number of hydrogen-bond acceptors (Lipinski definition) is 3. The highest BCUT2D eigenvalue weighted by Crippen LogP contribution is 2.24. The van der Waals surface area contributed by atoms with Gasteiger partial charge in [0.25, 0.3) is 5.91 Å². The third-order valence-corrected chi connectivity index (χ3v) is 5.29. The van der Waals surface area contributed by atoms with E-state index in [9.17, 15) is 4.79 Å². The van der Waals surface area contributed by atoms with Crippen molar-refractivity contribution in [1.29, 1.82) is 0 Å². The molecule has 3 rings (SSSR count). The number of benzene rings is 2. The van der Waals surface area contributed by atoms with Gasteiger partial charge >= 0.3 is 0 Å². The number of carbonyl (C=O) groups excluding carboxylic acids is 1. The standard InChI is InChI=1S/C21H26ClN3O2/c1-27-18-8-6-17(7-9-18)10-11-23-21(26)16-24-12-14-25(15-13-24)20-5-3-2-4-19(20)22/h2-9H,10-16H2,1H3,(H,23,26)/p+1. The first kappa shape index (κ1) is 19.5.